The molecule has 2 heterocycles. The number of hydrogen-bond acceptors (Lipinski definition) is 7. The van der Waals surface area contributed by atoms with Gasteiger partial charge in [-0.15, -0.1) is 11.3 Å². The van der Waals surface area contributed by atoms with E-state index in [2.05, 4.69) is 10.3 Å². The van der Waals surface area contributed by atoms with Crippen LogP contribution in [0.1, 0.15) is 32.8 Å². The van der Waals surface area contributed by atoms with Crippen LogP contribution in [0.5, 0.6) is 11.5 Å². The standard InChI is InChI=1S/C23H20FN3O5S/c1-2-25-23(30)17-13-33-21(26-17)10-27-18-9-14(3-8-20(18)32-12-22(27)29)19(28)11-31-16-6-4-15(24)5-7-16/h3-9,13H,2,10-12H2,1H3,(H,25,30). The van der Waals surface area contributed by atoms with E-state index in [9.17, 15) is 18.8 Å². The number of Topliss-reactive ketones (excluding diaryl/α,β-unsaturated/α-hetero) is 1. The van der Waals surface area contributed by atoms with Gasteiger partial charge in [-0.1, -0.05) is 0 Å². The van der Waals surface area contributed by atoms with Gasteiger partial charge in [0.1, 0.15) is 28.0 Å². The van der Waals surface area contributed by atoms with Crippen LogP contribution in [-0.2, 0) is 11.3 Å². The summed E-state index contributed by atoms with van der Waals surface area (Å²) in [7, 11) is 0. The van der Waals surface area contributed by atoms with Crippen LogP contribution in [0.4, 0.5) is 10.1 Å². The lowest BCUT2D eigenvalue weighted by Gasteiger charge is -2.29. The van der Waals surface area contributed by atoms with Crippen molar-refractivity contribution in [2.45, 2.75) is 13.5 Å². The van der Waals surface area contributed by atoms with Crippen molar-refractivity contribution in [3.05, 3.63) is 69.9 Å². The minimum Gasteiger partial charge on any atom is -0.485 e. The van der Waals surface area contributed by atoms with Crippen molar-refractivity contribution in [1.82, 2.24) is 10.3 Å². The molecule has 1 aliphatic rings. The van der Waals surface area contributed by atoms with Crippen molar-refractivity contribution < 1.29 is 28.2 Å². The Morgan fingerprint density at radius 3 is 2.79 bits per heavy atom. The Hall–Kier alpha value is -3.79. The van der Waals surface area contributed by atoms with Gasteiger partial charge in [-0.2, -0.15) is 0 Å². The normalized spacial score (nSPS) is 12.7. The SMILES string of the molecule is CCNC(=O)c1csc(CN2C(=O)COc3ccc(C(=O)COc4ccc(F)cc4)cc32)n1. The molecule has 0 saturated heterocycles. The summed E-state index contributed by atoms with van der Waals surface area (Å²) in [6.45, 7) is 2.06. The Morgan fingerprint density at radius 2 is 2.03 bits per heavy atom. The zero-order valence-corrected chi connectivity index (χ0v) is 18.5. The zero-order chi connectivity index (χ0) is 23.4. The molecular weight excluding hydrogens is 449 g/mol. The summed E-state index contributed by atoms with van der Waals surface area (Å²) in [5.74, 6) is -0.438. The van der Waals surface area contributed by atoms with E-state index in [1.54, 1.807) is 23.6 Å². The Bertz CT molecular complexity index is 1200. The average Bonchev–Trinajstić information content (AvgIpc) is 3.29. The van der Waals surface area contributed by atoms with Gasteiger partial charge in [-0.05, 0) is 49.4 Å². The van der Waals surface area contributed by atoms with Crippen LogP contribution in [-0.4, -0.2) is 42.3 Å². The number of rotatable bonds is 8. The highest BCUT2D eigenvalue weighted by molar-refractivity contribution is 7.09. The van der Waals surface area contributed by atoms with Crippen LogP contribution in [0.2, 0.25) is 0 Å². The number of fused-ring (bicyclic) bond motifs is 1. The number of halogens is 1. The molecule has 1 N–H and O–H groups in total. The molecule has 0 spiro atoms. The summed E-state index contributed by atoms with van der Waals surface area (Å²) in [4.78, 5) is 43.0. The molecule has 8 nitrogen and oxygen atoms in total. The van der Waals surface area contributed by atoms with Crippen molar-refractivity contribution in [1.29, 1.82) is 0 Å². The number of anilines is 1. The lowest BCUT2D eigenvalue weighted by atomic mass is 10.1. The molecule has 0 saturated carbocycles. The van der Waals surface area contributed by atoms with Gasteiger partial charge in [-0.25, -0.2) is 9.37 Å². The molecule has 170 valence electrons. The summed E-state index contributed by atoms with van der Waals surface area (Å²) in [5, 5.41) is 4.90. The molecule has 1 aromatic heterocycles. The third kappa shape index (κ3) is 5.17. The van der Waals surface area contributed by atoms with E-state index in [0.717, 1.165) is 0 Å². The molecule has 3 aromatic rings. The van der Waals surface area contributed by atoms with Crippen LogP contribution in [0.25, 0.3) is 0 Å². The number of ether oxygens (including phenoxy) is 2. The minimum atomic E-state index is -0.397. The summed E-state index contributed by atoms with van der Waals surface area (Å²) >= 11 is 1.27. The molecule has 10 heteroatoms. The Morgan fingerprint density at radius 1 is 1.24 bits per heavy atom. The Kier molecular flexibility index (Phi) is 6.64. The molecule has 0 fully saturated rings. The van der Waals surface area contributed by atoms with Crippen LogP contribution in [0, 0.1) is 5.82 Å². The largest absolute Gasteiger partial charge is 0.485 e. The van der Waals surface area contributed by atoms with E-state index in [0.29, 0.717) is 40.0 Å². The fourth-order valence-electron chi connectivity index (χ4n) is 3.19. The number of hydrogen-bond donors (Lipinski definition) is 1. The summed E-state index contributed by atoms with van der Waals surface area (Å²) in [6.07, 6.45) is 0. The van der Waals surface area contributed by atoms with Crippen molar-refractivity contribution >= 4 is 34.6 Å². The maximum absolute atomic E-state index is 13.0. The molecule has 4 rings (SSSR count). The zero-order valence-electron chi connectivity index (χ0n) is 17.7. The van der Waals surface area contributed by atoms with Crippen molar-refractivity contribution in [3.8, 4) is 11.5 Å². The van der Waals surface area contributed by atoms with Gasteiger partial charge >= 0.3 is 0 Å². The van der Waals surface area contributed by atoms with Gasteiger partial charge < -0.3 is 14.8 Å². The molecule has 2 aromatic carbocycles. The first-order valence-corrected chi connectivity index (χ1v) is 11.0. The molecule has 33 heavy (non-hydrogen) atoms. The maximum Gasteiger partial charge on any atom is 0.270 e. The summed E-state index contributed by atoms with van der Waals surface area (Å²) in [5.41, 5.74) is 1.06. The number of carbonyl (C=O) groups excluding carboxylic acids is 3. The highest BCUT2D eigenvalue weighted by Crippen LogP contribution is 2.34. The van der Waals surface area contributed by atoms with Gasteiger partial charge in [0, 0.05) is 17.5 Å². The van der Waals surface area contributed by atoms with E-state index in [1.165, 1.54) is 40.5 Å². The topological polar surface area (TPSA) is 97.8 Å². The summed E-state index contributed by atoms with van der Waals surface area (Å²) < 4.78 is 24.0. The van der Waals surface area contributed by atoms with Crippen LogP contribution < -0.4 is 19.7 Å². The van der Waals surface area contributed by atoms with Crippen LogP contribution in [0.3, 0.4) is 0 Å². The number of nitrogens with zero attached hydrogens (tertiary/aromatic N) is 2. The fraction of sp³-hybridized carbons (Fsp3) is 0.217. The second-order valence-corrected chi connectivity index (χ2v) is 8.05. The van der Waals surface area contributed by atoms with Gasteiger partial charge in [0.15, 0.2) is 19.0 Å². The van der Waals surface area contributed by atoms with Gasteiger partial charge in [0.2, 0.25) is 0 Å². The first-order chi connectivity index (χ1) is 15.9. The molecule has 0 radical (unpaired) electrons. The number of carbonyl (C=O) groups is 3. The highest BCUT2D eigenvalue weighted by Gasteiger charge is 2.28. The fourth-order valence-corrected chi connectivity index (χ4v) is 3.95. The lowest BCUT2D eigenvalue weighted by Crippen LogP contribution is -2.38. The number of nitrogens with one attached hydrogen (secondary N) is 1. The third-order valence-corrected chi connectivity index (χ3v) is 5.66. The minimum absolute atomic E-state index is 0.136. The van der Waals surface area contributed by atoms with E-state index < -0.39 is 5.82 Å². The molecule has 2 amide bonds. The van der Waals surface area contributed by atoms with Gasteiger partial charge in [-0.3, -0.25) is 19.3 Å². The predicted molar refractivity (Wildman–Crippen MR) is 119 cm³/mol. The number of ketones is 1. The molecule has 0 unspecified atom stereocenters. The lowest BCUT2D eigenvalue weighted by molar-refractivity contribution is -0.121. The molecule has 1 aliphatic heterocycles. The number of thiazole rings is 1. The van der Waals surface area contributed by atoms with Crippen LogP contribution in [0.15, 0.2) is 47.8 Å². The molecule has 0 aliphatic carbocycles. The number of benzene rings is 2. The Balaban J connectivity index is 1.51. The van der Waals surface area contributed by atoms with Crippen molar-refractivity contribution in [2.75, 3.05) is 24.7 Å². The van der Waals surface area contributed by atoms with Gasteiger partial charge in [0.25, 0.3) is 11.8 Å². The van der Waals surface area contributed by atoms with E-state index in [-0.39, 0.29) is 37.4 Å². The second kappa shape index (κ2) is 9.78. The maximum atomic E-state index is 13.0. The van der Waals surface area contributed by atoms with Gasteiger partial charge in [0.05, 0.1) is 12.2 Å². The van der Waals surface area contributed by atoms with E-state index >= 15 is 0 Å². The molecule has 0 bridgehead atoms. The number of amides is 2. The highest BCUT2D eigenvalue weighted by atomic mass is 32.1. The molecule has 0 atom stereocenters. The summed E-state index contributed by atoms with van der Waals surface area (Å²) in [6, 6.07) is 10.2. The monoisotopic (exact) mass is 469 g/mol. The smallest absolute Gasteiger partial charge is 0.270 e. The molecular formula is C23H20FN3O5S. The van der Waals surface area contributed by atoms with Crippen molar-refractivity contribution in [2.24, 2.45) is 0 Å². The quantitative estimate of drug-likeness (QED) is 0.509. The second-order valence-electron chi connectivity index (χ2n) is 7.10. The first-order valence-electron chi connectivity index (χ1n) is 10.2. The predicted octanol–water partition coefficient (Wildman–Crippen LogP) is 3.22. The number of aromatic nitrogens is 1. The first kappa shape index (κ1) is 22.4. The average molecular weight is 469 g/mol. The van der Waals surface area contributed by atoms with Crippen molar-refractivity contribution in [3.63, 3.8) is 0 Å². The van der Waals surface area contributed by atoms with Crippen LogP contribution >= 0.6 is 11.3 Å². The third-order valence-electron chi connectivity index (χ3n) is 4.82. The van der Waals surface area contributed by atoms with E-state index in [4.69, 9.17) is 9.47 Å². The van der Waals surface area contributed by atoms with E-state index in [1.807, 2.05) is 6.92 Å². The Labute approximate surface area is 193 Å².